The van der Waals surface area contributed by atoms with Crippen LogP contribution in [0.3, 0.4) is 0 Å². The summed E-state index contributed by atoms with van der Waals surface area (Å²) in [5.41, 5.74) is 5.86. The maximum absolute atomic E-state index is 7.36. The quantitative estimate of drug-likeness (QED) is 0.0734. The van der Waals surface area contributed by atoms with Gasteiger partial charge in [0.1, 0.15) is 48.8 Å². The van der Waals surface area contributed by atoms with E-state index in [1.54, 1.807) is 7.11 Å². The number of methoxy groups -OCH3 is 1. The second-order valence-electron chi connectivity index (χ2n) is 16.6. The van der Waals surface area contributed by atoms with Gasteiger partial charge in [0.05, 0.1) is 46.2 Å². The first-order chi connectivity index (χ1) is 32.7. The van der Waals surface area contributed by atoms with E-state index in [-0.39, 0.29) is 33.0 Å². The first kappa shape index (κ1) is 46.0. The summed E-state index contributed by atoms with van der Waals surface area (Å²) in [7, 11) is 1.61. The summed E-state index contributed by atoms with van der Waals surface area (Å²) in [6, 6.07) is 60.0. The Hall–Kier alpha value is -5.12. The first-order valence-corrected chi connectivity index (χ1v) is 22.7. The molecular formula is C55H58O11. The van der Waals surface area contributed by atoms with Crippen molar-refractivity contribution in [1.29, 1.82) is 0 Å². The Kier molecular flexibility index (Phi) is 16.4. The second kappa shape index (κ2) is 23.6. The molecule has 11 atom stereocenters. The highest BCUT2D eigenvalue weighted by molar-refractivity contribution is 5.19. The zero-order valence-corrected chi connectivity index (χ0v) is 37.1. The monoisotopic (exact) mass is 894 g/mol. The zero-order chi connectivity index (χ0) is 44.8. The van der Waals surface area contributed by atoms with Gasteiger partial charge in [0.15, 0.2) is 18.9 Å². The molecule has 0 aromatic heterocycles. The van der Waals surface area contributed by atoms with Gasteiger partial charge in [0.2, 0.25) is 0 Å². The maximum Gasteiger partial charge on any atom is 0.187 e. The van der Waals surface area contributed by atoms with Gasteiger partial charge in [-0.1, -0.05) is 182 Å². The molecule has 0 N–H and O–H groups in total. The number of benzene rings is 6. The Bertz CT molecular complexity index is 2280. The van der Waals surface area contributed by atoms with Crippen LogP contribution in [0.15, 0.2) is 182 Å². The molecule has 6 aromatic rings. The summed E-state index contributed by atoms with van der Waals surface area (Å²) in [5, 5.41) is 0. The lowest BCUT2D eigenvalue weighted by molar-refractivity contribution is -0.397. The van der Waals surface area contributed by atoms with Crippen molar-refractivity contribution in [3.8, 4) is 0 Å². The predicted octanol–water partition coefficient (Wildman–Crippen LogP) is 9.14. The van der Waals surface area contributed by atoms with E-state index in [0.717, 1.165) is 33.4 Å². The van der Waals surface area contributed by atoms with Gasteiger partial charge in [-0.15, -0.1) is 0 Å². The molecule has 3 aliphatic rings. The standard InChI is InChI=1S/C55H58O11/c1-56-54-51(60-35-42-26-14-5-15-27-42)49(58-33-40-22-10-3-11-23-40)47(45(63-54)37-57-32-39-20-8-2-9-21-39)66-55-52(61-36-43-28-16-6-17-29-43)50(59-34-41-24-12-4-13-25-41)48-46(64-55)38-62-53(65-48)44-30-18-7-19-31-44/h2-31,45-55H,32-38H2,1H3/t45-,46-,47-,48+,49+,50+,51-,52-,53+,54+,55-/m1/s1. The SMILES string of the molecule is CO[C@H]1O[C@H](COCc2ccccc2)[C@@H](O[C@H]2O[C@@H]3CO[C@H](c4ccccc4)O[C@@H]3[C@H](OCc3ccccc3)[C@H]2OCc2ccccc2)[C@H](OCc2ccccc2)[C@H]1OCc1ccccc1. The topological polar surface area (TPSA) is 102 Å². The lowest BCUT2D eigenvalue weighted by Gasteiger charge is -2.51. The average Bonchev–Trinajstić information content (AvgIpc) is 3.38. The zero-order valence-electron chi connectivity index (χ0n) is 37.1. The number of rotatable bonds is 20. The van der Waals surface area contributed by atoms with Crippen LogP contribution in [0.4, 0.5) is 0 Å². The Labute approximate surface area is 387 Å². The summed E-state index contributed by atoms with van der Waals surface area (Å²) in [6.07, 6.45) is -8.22. The second-order valence-corrected chi connectivity index (χ2v) is 16.6. The molecule has 11 heteroatoms. The van der Waals surface area contributed by atoms with Crippen LogP contribution in [0, 0.1) is 0 Å². The van der Waals surface area contributed by atoms with Crippen molar-refractivity contribution in [3.05, 3.63) is 215 Å². The van der Waals surface area contributed by atoms with Crippen molar-refractivity contribution < 1.29 is 52.1 Å². The fourth-order valence-corrected chi connectivity index (χ4v) is 8.62. The summed E-state index contributed by atoms with van der Waals surface area (Å²) < 4.78 is 74.6. The molecule has 66 heavy (non-hydrogen) atoms. The van der Waals surface area contributed by atoms with Gasteiger partial charge in [-0.2, -0.15) is 0 Å². The summed E-state index contributed by atoms with van der Waals surface area (Å²) >= 11 is 0. The van der Waals surface area contributed by atoms with Crippen LogP contribution in [0.2, 0.25) is 0 Å². The van der Waals surface area contributed by atoms with Gasteiger partial charge in [-0.25, -0.2) is 0 Å². The van der Waals surface area contributed by atoms with E-state index in [1.807, 2.05) is 182 Å². The largest absolute Gasteiger partial charge is 0.374 e. The van der Waals surface area contributed by atoms with E-state index in [9.17, 15) is 0 Å². The lowest BCUT2D eigenvalue weighted by Crippen LogP contribution is -2.67. The number of fused-ring (bicyclic) bond motifs is 1. The minimum Gasteiger partial charge on any atom is -0.374 e. The van der Waals surface area contributed by atoms with Crippen molar-refractivity contribution in [2.45, 2.75) is 101 Å². The molecule has 0 amide bonds. The number of hydrogen-bond acceptors (Lipinski definition) is 11. The van der Waals surface area contributed by atoms with Crippen molar-refractivity contribution in [2.24, 2.45) is 0 Å². The van der Waals surface area contributed by atoms with Gasteiger partial charge in [-0.05, 0) is 27.8 Å². The molecule has 9 rings (SSSR count). The molecule has 0 unspecified atom stereocenters. The van der Waals surface area contributed by atoms with E-state index in [4.69, 9.17) is 52.1 Å². The first-order valence-electron chi connectivity index (χ1n) is 22.7. The minimum absolute atomic E-state index is 0.142. The van der Waals surface area contributed by atoms with Crippen LogP contribution in [-0.2, 0) is 85.1 Å². The summed E-state index contributed by atoms with van der Waals surface area (Å²) in [4.78, 5) is 0. The average molecular weight is 895 g/mol. The molecule has 0 saturated carbocycles. The van der Waals surface area contributed by atoms with Crippen molar-refractivity contribution in [1.82, 2.24) is 0 Å². The Morgan fingerprint density at radius 3 is 1.33 bits per heavy atom. The normalized spacial score (nSPS) is 27.5. The highest BCUT2D eigenvalue weighted by atomic mass is 16.8. The lowest BCUT2D eigenvalue weighted by atomic mass is 9.95. The molecule has 0 aliphatic carbocycles. The molecule has 11 nitrogen and oxygen atoms in total. The van der Waals surface area contributed by atoms with E-state index in [0.29, 0.717) is 13.2 Å². The Morgan fingerprint density at radius 1 is 0.424 bits per heavy atom. The fraction of sp³-hybridized carbons (Fsp3) is 0.345. The van der Waals surface area contributed by atoms with E-state index in [1.165, 1.54) is 0 Å². The van der Waals surface area contributed by atoms with Crippen LogP contribution in [-0.4, -0.2) is 81.7 Å². The van der Waals surface area contributed by atoms with Crippen molar-refractivity contribution in [3.63, 3.8) is 0 Å². The van der Waals surface area contributed by atoms with E-state index in [2.05, 4.69) is 0 Å². The highest BCUT2D eigenvalue weighted by Crippen LogP contribution is 2.40. The smallest absolute Gasteiger partial charge is 0.187 e. The third-order valence-corrected chi connectivity index (χ3v) is 12.0. The Morgan fingerprint density at radius 2 is 0.848 bits per heavy atom. The molecular weight excluding hydrogens is 837 g/mol. The van der Waals surface area contributed by atoms with E-state index >= 15 is 0 Å². The predicted molar refractivity (Wildman–Crippen MR) is 245 cm³/mol. The maximum atomic E-state index is 7.36. The van der Waals surface area contributed by atoms with Crippen molar-refractivity contribution in [2.75, 3.05) is 20.3 Å². The summed E-state index contributed by atoms with van der Waals surface area (Å²) in [6.45, 7) is 1.80. The molecule has 0 bridgehead atoms. The third kappa shape index (κ3) is 12.1. The molecule has 0 radical (unpaired) electrons. The van der Waals surface area contributed by atoms with Crippen LogP contribution in [0.5, 0.6) is 0 Å². The van der Waals surface area contributed by atoms with Gasteiger partial charge >= 0.3 is 0 Å². The van der Waals surface area contributed by atoms with E-state index < -0.39 is 67.7 Å². The number of hydrogen-bond donors (Lipinski definition) is 0. The van der Waals surface area contributed by atoms with Gasteiger partial charge in [0, 0.05) is 12.7 Å². The highest BCUT2D eigenvalue weighted by Gasteiger charge is 2.56. The molecule has 3 aliphatic heterocycles. The van der Waals surface area contributed by atoms with Gasteiger partial charge < -0.3 is 52.1 Å². The molecule has 0 spiro atoms. The molecule has 344 valence electrons. The molecule has 3 heterocycles. The molecule has 3 saturated heterocycles. The van der Waals surface area contributed by atoms with Crippen LogP contribution >= 0.6 is 0 Å². The van der Waals surface area contributed by atoms with Crippen LogP contribution < -0.4 is 0 Å². The fourth-order valence-electron chi connectivity index (χ4n) is 8.62. The minimum atomic E-state index is -1.03. The number of ether oxygens (including phenoxy) is 11. The third-order valence-electron chi connectivity index (χ3n) is 12.0. The van der Waals surface area contributed by atoms with Gasteiger partial charge in [0.25, 0.3) is 0 Å². The van der Waals surface area contributed by atoms with Crippen molar-refractivity contribution >= 4 is 0 Å². The van der Waals surface area contributed by atoms with Crippen LogP contribution in [0.25, 0.3) is 0 Å². The van der Waals surface area contributed by atoms with Gasteiger partial charge in [-0.3, -0.25) is 0 Å². The van der Waals surface area contributed by atoms with Crippen LogP contribution in [0.1, 0.15) is 39.7 Å². The molecule has 6 aromatic carbocycles. The molecule has 3 fully saturated rings. The Balaban J connectivity index is 1.08. The summed E-state index contributed by atoms with van der Waals surface area (Å²) in [5.74, 6) is 0.